The van der Waals surface area contributed by atoms with E-state index in [1.54, 1.807) is 0 Å². The van der Waals surface area contributed by atoms with Crippen molar-refractivity contribution >= 4 is 20.5 Å². The molecule has 0 aliphatic rings. The van der Waals surface area contributed by atoms with E-state index in [0.717, 1.165) is 29.6 Å². The first-order chi connectivity index (χ1) is 5.62. The van der Waals surface area contributed by atoms with E-state index in [1.165, 1.54) is 10.2 Å². The summed E-state index contributed by atoms with van der Waals surface area (Å²) in [6.45, 7) is 5.43. The monoisotopic (exact) mass is 219 g/mol. The van der Waals surface area contributed by atoms with Crippen molar-refractivity contribution in [2.75, 3.05) is 20.6 Å². The van der Waals surface area contributed by atoms with E-state index in [1.807, 2.05) is 6.92 Å². The lowest BCUT2D eigenvalue weighted by Gasteiger charge is -2.31. The van der Waals surface area contributed by atoms with Gasteiger partial charge in [-0.2, -0.15) is 0 Å². The van der Waals surface area contributed by atoms with Gasteiger partial charge in [-0.25, -0.2) is 0 Å². The summed E-state index contributed by atoms with van der Waals surface area (Å²) in [6, 6.07) is 0. The van der Waals surface area contributed by atoms with Gasteiger partial charge in [0.2, 0.25) is 0 Å². The number of rotatable bonds is 5. The molecule has 1 N–H and O–H groups in total. The van der Waals surface area contributed by atoms with Crippen LogP contribution in [0, 0.1) is 0 Å². The number of hydrogen-bond donors (Lipinski definition) is 1. The van der Waals surface area contributed by atoms with Crippen LogP contribution >= 0.6 is 0 Å². The van der Waals surface area contributed by atoms with Crippen LogP contribution in [0.15, 0.2) is 0 Å². The van der Waals surface area contributed by atoms with E-state index in [-0.39, 0.29) is 5.22 Å². The van der Waals surface area contributed by atoms with Crippen molar-refractivity contribution in [2.45, 2.75) is 37.0 Å². The summed E-state index contributed by atoms with van der Waals surface area (Å²) in [5.41, 5.74) is 0. The maximum atomic E-state index is 9.68. The van der Waals surface area contributed by atoms with Crippen molar-refractivity contribution in [3.63, 3.8) is 0 Å². The number of hydrogen-bond acceptors (Lipinski definition) is 2. The quantitative estimate of drug-likeness (QED) is 0.596. The van der Waals surface area contributed by atoms with Crippen LogP contribution in [0.2, 0.25) is 5.04 Å². The highest BCUT2D eigenvalue weighted by Crippen LogP contribution is 2.29. The molecule has 0 radical (unpaired) electrons. The maximum Gasteiger partial charge on any atom is 0.0424 e. The van der Waals surface area contributed by atoms with Gasteiger partial charge in [-0.3, -0.25) is 0 Å². The normalized spacial score (nSPS) is 21.7. The average molecular weight is 219 g/mol. The van der Waals surface area contributed by atoms with E-state index in [0.29, 0.717) is 5.04 Å². The Kier molecular flexibility index (Phi) is 4.86. The average Bonchev–Trinajstić information content (AvgIpc) is 1.79. The largest absolute Gasteiger partial charge is 0.395 e. The minimum Gasteiger partial charge on any atom is -0.395 e. The Hall–Kier alpha value is 0.354. The highest BCUT2D eigenvalue weighted by Gasteiger charge is 2.22. The molecule has 0 fully saturated rings. The van der Waals surface area contributed by atoms with Crippen molar-refractivity contribution in [1.29, 1.82) is 0 Å². The van der Waals surface area contributed by atoms with E-state index < -0.39 is 0 Å². The summed E-state index contributed by atoms with van der Waals surface area (Å²) >= 11 is 0. The zero-order valence-electron chi connectivity index (χ0n) is 10.0. The van der Waals surface area contributed by atoms with Gasteiger partial charge in [-0.1, -0.05) is 6.92 Å². The minimum absolute atomic E-state index is 0.363. The van der Waals surface area contributed by atoms with Gasteiger partial charge in [-0.05, 0) is 45.4 Å². The Morgan fingerprint density at radius 2 is 1.62 bits per heavy atom. The van der Waals surface area contributed by atoms with Gasteiger partial charge >= 0.3 is 0 Å². The van der Waals surface area contributed by atoms with Gasteiger partial charge in [0.05, 0.1) is 0 Å². The molecule has 0 aromatic carbocycles. The molecule has 0 aromatic heterocycles. The summed E-state index contributed by atoms with van der Waals surface area (Å²) in [6.07, 6.45) is 2.13. The smallest absolute Gasteiger partial charge is 0.0424 e. The molecule has 2 unspecified atom stereocenters. The molecule has 4 heteroatoms. The van der Waals surface area contributed by atoms with Gasteiger partial charge in [0.15, 0.2) is 0 Å². The van der Waals surface area contributed by atoms with E-state index >= 15 is 0 Å². The van der Waals surface area contributed by atoms with E-state index in [9.17, 15) is 5.11 Å². The highest BCUT2D eigenvalue weighted by molar-refractivity contribution is 6.15. The first-order valence-electron chi connectivity index (χ1n) is 4.99. The van der Waals surface area contributed by atoms with E-state index in [2.05, 4.69) is 25.9 Å². The lowest BCUT2D eigenvalue weighted by molar-refractivity contribution is 0.129. The van der Waals surface area contributed by atoms with Gasteiger partial charge in [0, 0.05) is 25.7 Å². The molecule has 0 aliphatic carbocycles. The molecule has 2 atom stereocenters. The minimum atomic E-state index is -0.363. The second kappa shape index (κ2) is 4.73. The topological polar surface area (TPSA) is 23.5 Å². The third kappa shape index (κ3) is 8.68. The van der Waals surface area contributed by atoms with Crippen molar-refractivity contribution in [2.24, 2.45) is 0 Å². The summed E-state index contributed by atoms with van der Waals surface area (Å²) in [4.78, 5) is 2.24. The van der Waals surface area contributed by atoms with Crippen LogP contribution in [0.1, 0.15) is 26.7 Å². The van der Waals surface area contributed by atoms with Crippen molar-refractivity contribution in [3.05, 3.63) is 0 Å². The summed E-state index contributed by atoms with van der Waals surface area (Å²) in [5, 5.41) is 9.77. The van der Waals surface area contributed by atoms with E-state index in [4.69, 9.17) is 0 Å². The Bertz CT molecular complexity index is 152. The lowest BCUT2D eigenvalue weighted by Crippen LogP contribution is -2.30. The molecule has 0 bridgehead atoms. The second-order valence-corrected chi connectivity index (χ2v) is 10.3. The van der Waals surface area contributed by atoms with Crippen LogP contribution in [0.25, 0.3) is 0 Å². The number of aliphatic hydroxyl groups is 1. The Morgan fingerprint density at radius 3 is 1.92 bits per heavy atom. The molecule has 0 rings (SSSR count). The third-order valence-corrected chi connectivity index (χ3v) is 3.47. The highest BCUT2D eigenvalue weighted by atomic mass is 28.1. The molecule has 2 nitrogen and oxygen atoms in total. The lowest BCUT2D eigenvalue weighted by atomic mass is 10.0. The van der Waals surface area contributed by atoms with Gasteiger partial charge in [0.1, 0.15) is 0 Å². The third-order valence-electron chi connectivity index (χ3n) is 2.16. The number of nitrogens with zero attached hydrogens (tertiary/aromatic N) is 1. The molecule has 80 valence electrons. The molecule has 13 heavy (non-hydrogen) atoms. The van der Waals surface area contributed by atoms with Gasteiger partial charge in [0.25, 0.3) is 0 Å². The van der Waals surface area contributed by atoms with Gasteiger partial charge < -0.3 is 10.0 Å². The Balaban J connectivity index is 3.89. The van der Waals surface area contributed by atoms with Crippen LogP contribution in [0.5, 0.6) is 0 Å². The Labute approximate surface area is 88.6 Å². The van der Waals surface area contributed by atoms with Crippen LogP contribution in [-0.4, -0.2) is 56.4 Å². The molecule has 0 amide bonds. The van der Waals surface area contributed by atoms with Crippen LogP contribution in [-0.2, 0) is 0 Å². The molecule has 0 saturated carbocycles. The SMILES string of the molecule is CN(C)CC(C)([SiH3])CCC(C)(O)[SiH3]. The predicted molar refractivity (Wildman–Crippen MR) is 66.7 cm³/mol. The first kappa shape index (κ1) is 13.4. The van der Waals surface area contributed by atoms with Crippen LogP contribution in [0.4, 0.5) is 0 Å². The van der Waals surface area contributed by atoms with Crippen molar-refractivity contribution in [1.82, 2.24) is 4.90 Å². The fourth-order valence-electron chi connectivity index (χ4n) is 1.58. The predicted octanol–water partition coefficient (Wildman–Crippen LogP) is -1.05. The zero-order valence-corrected chi connectivity index (χ0v) is 14.0. The fraction of sp³-hybridized carbons (Fsp3) is 1.00. The second-order valence-electron chi connectivity index (χ2n) is 5.71. The van der Waals surface area contributed by atoms with Crippen molar-refractivity contribution < 1.29 is 5.11 Å². The molecule has 0 spiro atoms. The van der Waals surface area contributed by atoms with Gasteiger partial charge in [-0.15, -0.1) is 0 Å². The summed E-state index contributed by atoms with van der Waals surface area (Å²) < 4.78 is 0. The maximum absolute atomic E-state index is 9.68. The van der Waals surface area contributed by atoms with Crippen molar-refractivity contribution in [3.8, 4) is 0 Å². The first-order valence-corrected chi connectivity index (χ1v) is 6.99. The molecule has 0 aromatic rings. The summed E-state index contributed by atoms with van der Waals surface area (Å²) in [7, 11) is 6.32. The summed E-state index contributed by atoms with van der Waals surface area (Å²) in [5.74, 6) is 0. The molecular formula is C9H25NOSi2. The zero-order chi connectivity index (χ0) is 10.7. The fourth-order valence-corrected chi connectivity index (χ4v) is 2.71. The standard InChI is InChI=1S/C9H25NOSi2/c1-8(12,7-10(3)4)5-6-9(2,11)13/h11H,5-7H2,1-4,12-13H3. The molecule has 0 saturated heterocycles. The Morgan fingerprint density at radius 1 is 1.15 bits per heavy atom. The van der Waals surface area contributed by atoms with Crippen LogP contribution in [0.3, 0.4) is 0 Å². The van der Waals surface area contributed by atoms with Crippen LogP contribution < -0.4 is 0 Å². The molecule has 0 heterocycles. The molecule has 0 aliphatic heterocycles. The molecular weight excluding hydrogens is 194 g/mol.